The Labute approximate surface area is 243 Å². The van der Waals surface area contributed by atoms with Gasteiger partial charge in [-0.15, -0.1) is 0 Å². The Morgan fingerprint density at radius 1 is 0.833 bits per heavy atom. The number of carbonyl (C=O) groups is 2. The van der Waals surface area contributed by atoms with Crippen molar-refractivity contribution in [2.24, 2.45) is 0 Å². The number of esters is 1. The third-order valence-corrected chi connectivity index (χ3v) is 6.69. The number of rotatable bonds is 10. The second-order valence-electron chi connectivity index (χ2n) is 9.41. The molecular weight excluding hydrogens is 535 g/mol. The molecule has 1 amide bonds. The van der Waals surface area contributed by atoms with Crippen molar-refractivity contribution in [1.29, 1.82) is 0 Å². The minimum Gasteiger partial charge on any atom is -0.462 e. The first-order valence-electron chi connectivity index (χ1n) is 13.8. The van der Waals surface area contributed by atoms with Crippen molar-refractivity contribution in [3.05, 3.63) is 108 Å². The minimum atomic E-state index is -0.559. The van der Waals surface area contributed by atoms with Crippen molar-refractivity contribution in [2.45, 2.75) is 13.8 Å². The van der Waals surface area contributed by atoms with Crippen molar-refractivity contribution in [2.75, 3.05) is 36.5 Å². The van der Waals surface area contributed by atoms with E-state index < -0.39 is 17.9 Å². The van der Waals surface area contributed by atoms with E-state index in [-0.39, 0.29) is 31.1 Å². The second kappa shape index (κ2) is 13.0. The van der Waals surface area contributed by atoms with Crippen LogP contribution < -0.4 is 10.2 Å². The Morgan fingerprint density at radius 3 is 2.17 bits per heavy atom. The first-order chi connectivity index (χ1) is 20.5. The minimum absolute atomic E-state index is 0.170. The van der Waals surface area contributed by atoms with Gasteiger partial charge in [0.2, 0.25) is 0 Å². The Hall–Kier alpha value is -5.11. The van der Waals surface area contributed by atoms with Crippen molar-refractivity contribution < 1.29 is 27.9 Å². The van der Waals surface area contributed by atoms with Gasteiger partial charge < -0.3 is 19.2 Å². The van der Waals surface area contributed by atoms with Gasteiger partial charge >= 0.3 is 12.1 Å². The Bertz CT molecular complexity index is 1670. The van der Waals surface area contributed by atoms with Crippen LogP contribution in [0.2, 0.25) is 0 Å². The van der Waals surface area contributed by atoms with Crippen LogP contribution in [0.15, 0.2) is 101 Å². The molecule has 1 aromatic heterocycles. The zero-order valence-corrected chi connectivity index (χ0v) is 23.4. The molecule has 1 heterocycles. The fourth-order valence-electron chi connectivity index (χ4n) is 4.79. The van der Waals surface area contributed by atoms with E-state index in [9.17, 15) is 14.0 Å². The quantitative estimate of drug-likeness (QED) is 0.172. The SMILES string of the molecule is CCOC(=O)c1c(-c2ccc(F)cc2)oc2cc(N(CCNc3ccccc3)C(=O)OCC)c(-c3ccccc3)cc12. The lowest BCUT2D eigenvalue weighted by atomic mass is 9.98. The Kier molecular flexibility index (Phi) is 8.82. The molecule has 7 nitrogen and oxygen atoms in total. The fourth-order valence-corrected chi connectivity index (χ4v) is 4.79. The van der Waals surface area contributed by atoms with Gasteiger partial charge in [0.05, 0.1) is 18.9 Å². The van der Waals surface area contributed by atoms with E-state index in [1.807, 2.05) is 66.7 Å². The lowest BCUT2D eigenvalue weighted by Crippen LogP contribution is -2.36. The monoisotopic (exact) mass is 566 g/mol. The lowest BCUT2D eigenvalue weighted by Gasteiger charge is -2.25. The number of hydrogen-bond acceptors (Lipinski definition) is 6. The van der Waals surface area contributed by atoms with Crippen molar-refractivity contribution in [3.63, 3.8) is 0 Å². The van der Waals surface area contributed by atoms with Crippen LogP contribution in [-0.2, 0) is 9.47 Å². The average molecular weight is 567 g/mol. The first kappa shape index (κ1) is 28.4. The largest absolute Gasteiger partial charge is 0.462 e. The predicted molar refractivity (Wildman–Crippen MR) is 162 cm³/mol. The van der Waals surface area contributed by atoms with Crippen LogP contribution in [0.5, 0.6) is 0 Å². The molecule has 5 aromatic rings. The van der Waals surface area contributed by atoms with E-state index in [2.05, 4.69) is 5.32 Å². The number of nitrogens with one attached hydrogen (secondary N) is 1. The highest BCUT2D eigenvalue weighted by Crippen LogP contribution is 2.41. The number of fused-ring (bicyclic) bond motifs is 1. The van der Waals surface area contributed by atoms with Crippen LogP contribution in [0.1, 0.15) is 24.2 Å². The molecule has 0 spiro atoms. The molecule has 42 heavy (non-hydrogen) atoms. The summed E-state index contributed by atoms with van der Waals surface area (Å²) < 4.78 is 30.9. The van der Waals surface area contributed by atoms with E-state index in [1.165, 1.54) is 12.1 Å². The maximum absolute atomic E-state index is 13.7. The number of anilines is 2. The van der Waals surface area contributed by atoms with Gasteiger partial charge in [-0.2, -0.15) is 0 Å². The van der Waals surface area contributed by atoms with Gasteiger partial charge in [-0.1, -0.05) is 48.5 Å². The summed E-state index contributed by atoms with van der Waals surface area (Å²) in [5.41, 5.74) is 4.14. The number of amides is 1. The van der Waals surface area contributed by atoms with Gasteiger partial charge in [0.25, 0.3) is 0 Å². The van der Waals surface area contributed by atoms with Crippen LogP contribution in [0, 0.1) is 5.82 Å². The number of furan rings is 1. The molecule has 0 saturated carbocycles. The van der Waals surface area contributed by atoms with E-state index in [4.69, 9.17) is 13.9 Å². The molecular formula is C34H31FN2O5. The molecule has 1 N–H and O–H groups in total. The zero-order chi connectivity index (χ0) is 29.5. The molecule has 0 aliphatic carbocycles. The van der Waals surface area contributed by atoms with Crippen LogP contribution in [0.25, 0.3) is 33.4 Å². The molecule has 0 bridgehead atoms. The van der Waals surface area contributed by atoms with Crippen molar-refractivity contribution in [1.82, 2.24) is 0 Å². The molecule has 0 radical (unpaired) electrons. The number of ether oxygens (including phenoxy) is 2. The third kappa shape index (κ3) is 6.12. The number of para-hydroxylation sites is 1. The van der Waals surface area contributed by atoms with E-state index in [0.717, 1.165) is 11.3 Å². The van der Waals surface area contributed by atoms with Gasteiger partial charge in [0.15, 0.2) is 0 Å². The van der Waals surface area contributed by atoms with E-state index >= 15 is 0 Å². The van der Waals surface area contributed by atoms with Crippen molar-refractivity contribution >= 4 is 34.4 Å². The molecule has 0 unspecified atom stereocenters. The molecule has 8 heteroatoms. The average Bonchev–Trinajstić information content (AvgIpc) is 3.39. The molecule has 0 aliphatic heterocycles. The molecule has 214 valence electrons. The van der Waals surface area contributed by atoms with Gasteiger partial charge in [-0.25, -0.2) is 14.0 Å². The van der Waals surface area contributed by atoms with Gasteiger partial charge in [-0.05, 0) is 61.9 Å². The molecule has 0 atom stereocenters. The van der Waals surface area contributed by atoms with Crippen LogP contribution in [0.4, 0.5) is 20.6 Å². The molecule has 0 aliphatic rings. The summed E-state index contributed by atoms with van der Waals surface area (Å²) in [7, 11) is 0. The molecule has 5 rings (SSSR count). The second-order valence-corrected chi connectivity index (χ2v) is 9.41. The predicted octanol–water partition coefficient (Wildman–Crippen LogP) is 8.16. The van der Waals surface area contributed by atoms with Crippen molar-refractivity contribution in [3.8, 4) is 22.5 Å². The maximum atomic E-state index is 13.7. The number of benzene rings is 4. The highest BCUT2D eigenvalue weighted by Gasteiger charge is 2.28. The van der Waals surface area contributed by atoms with E-state index in [0.29, 0.717) is 34.3 Å². The van der Waals surface area contributed by atoms with Crippen LogP contribution in [-0.4, -0.2) is 38.4 Å². The summed E-state index contributed by atoms with van der Waals surface area (Å²) in [5, 5.41) is 3.86. The summed E-state index contributed by atoms with van der Waals surface area (Å²) in [6.45, 7) is 4.59. The van der Waals surface area contributed by atoms with Crippen LogP contribution >= 0.6 is 0 Å². The smallest absolute Gasteiger partial charge is 0.414 e. The Balaban J connectivity index is 1.68. The molecule has 0 fully saturated rings. The highest BCUT2D eigenvalue weighted by molar-refractivity contribution is 6.11. The number of carbonyl (C=O) groups excluding carboxylic acids is 2. The summed E-state index contributed by atoms with van der Waals surface area (Å²) in [6.07, 6.45) is -0.514. The topological polar surface area (TPSA) is 81.0 Å². The van der Waals surface area contributed by atoms with Crippen LogP contribution in [0.3, 0.4) is 0 Å². The third-order valence-electron chi connectivity index (χ3n) is 6.69. The first-order valence-corrected chi connectivity index (χ1v) is 13.8. The highest BCUT2D eigenvalue weighted by atomic mass is 19.1. The van der Waals surface area contributed by atoms with Gasteiger partial charge in [-0.3, -0.25) is 4.90 Å². The number of halogens is 1. The lowest BCUT2D eigenvalue weighted by molar-refractivity contribution is 0.0528. The number of nitrogens with zero attached hydrogens (tertiary/aromatic N) is 1. The normalized spacial score (nSPS) is 10.8. The molecule has 0 saturated heterocycles. The summed E-state index contributed by atoms with van der Waals surface area (Å²) in [6, 6.07) is 28.6. The standard InChI is InChI=1S/C34H31FN2O5/c1-3-40-33(38)31-28-21-27(23-11-7-5-8-12-23)29(22-30(28)42-32(31)24-15-17-25(35)18-16-24)37(34(39)41-4-2)20-19-36-26-13-9-6-10-14-26/h5-18,21-22,36H,3-4,19-20H2,1-2H3. The summed E-state index contributed by atoms with van der Waals surface area (Å²) in [4.78, 5) is 28.2. The van der Waals surface area contributed by atoms with E-state index in [1.54, 1.807) is 36.9 Å². The zero-order valence-electron chi connectivity index (χ0n) is 23.4. The summed E-state index contributed by atoms with van der Waals surface area (Å²) in [5.74, 6) is -0.708. The summed E-state index contributed by atoms with van der Waals surface area (Å²) >= 11 is 0. The van der Waals surface area contributed by atoms with Gasteiger partial charge in [0, 0.05) is 41.4 Å². The maximum Gasteiger partial charge on any atom is 0.414 e. The Morgan fingerprint density at radius 2 is 1.50 bits per heavy atom. The van der Waals surface area contributed by atoms with Gasteiger partial charge in [0.1, 0.15) is 22.7 Å². The fraction of sp³-hybridized carbons (Fsp3) is 0.176. The number of hydrogen-bond donors (Lipinski definition) is 1. The molecule has 4 aromatic carbocycles.